The van der Waals surface area contributed by atoms with Crippen molar-refractivity contribution in [2.45, 2.75) is 13.8 Å². The molecule has 7 nitrogen and oxygen atoms in total. The second-order valence-electron chi connectivity index (χ2n) is 5.09. The van der Waals surface area contributed by atoms with E-state index < -0.39 is 0 Å². The average molecular weight is 297 g/mol. The zero-order valence-electron chi connectivity index (χ0n) is 12.5. The predicted molar refractivity (Wildman–Crippen MR) is 83.0 cm³/mol. The topological polar surface area (TPSA) is 92.7 Å². The normalized spacial score (nSPS) is 10.9. The van der Waals surface area contributed by atoms with Gasteiger partial charge in [0.1, 0.15) is 5.69 Å². The maximum absolute atomic E-state index is 12.6. The predicted octanol–water partition coefficient (Wildman–Crippen LogP) is 1.53. The molecule has 0 saturated carbocycles. The molecule has 0 unspecified atom stereocenters. The van der Waals surface area contributed by atoms with Crippen LogP contribution in [0.4, 0.5) is 5.69 Å². The van der Waals surface area contributed by atoms with Gasteiger partial charge in [0, 0.05) is 18.9 Å². The van der Waals surface area contributed by atoms with E-state index in [1.807, 2.05) is 13.8 Å². The van der Waals surface area contributed by atoms with Gasteiger partial charge in [-0.3, -0.25) is 14.3 Å². The summed E-state index contributed by atoms with van der Waals surface area (Å²) in [6, 6.07) is 4.90. The van der Waals surface area contributed by atoms with Crippen LogP contribution in [0, 0.1) is 13.8 Å². The van der Waals surface area contributed by atoms with Crippen LogP contribution < -0.4 is 10.9 Å². The highest BCUT2D eigenvalue weighted by atomic mass is 16.2. The summed E-state index contributed by atoms with van der Waals surface area (Å²) < 4.78 is 1.64. The Morgan fingerprint density at radius 3 is 2.86 bits per heavy atom. The number of carbonyl (C=O) groups excluding carboxylic acids is 1. The van der Waals surface area contributed by atoms with E-state index in [4.69, 9.17) is 0 Å². The summed E-state index contributed by atoms with van der Waals surface area (Å²) in [6.45, 7) is 3.64. The molecule has 3 heterocycles. The first kappa shape index (κ1) is 14.0. The Balaban J connectivity index is 2.12. The molecule has 0 spiro atoms. The lowest BCUT2D eigenvalue weighted by atomic mass is 10.1. The fraction of sp³-hybridized carbons (Fsp3) is 0.200. The lowest BCUT2D eigenvalue weighted by molar-refractivity contribution is 0.102. The lowest BCUT2D eigenvalue weighted by Gasteiger charge is -2.07. The number of fused-ring (bicyclic) bond motifs is 1. The highest BCUT2D eigenvalue weighted by Gasteiger charge is 2.18. The summed E-state index contributed by atoms with van der Waals surface area (Å²) in [5.41, 5.74) is 2.39. The summed E-state index contributed by atoms with van der Waals surface area (Å²) >= 11 is 0. The first-order valence-corrected chi connectivity index (χ1v) is 6.77. The minimum atomic E-state index is -0.358. The lowest BCUT2D eigenvalue weighted by Crippen LogP contribution is -2.20. The van der Waals surface area contributed by atoms with Crippen LogP contribution in [-0.4, -0.2) is 25.7 Å². The number of aromatic amines is 1. The van der Waals surface area contributed by atoms with Crippen LogP contribution in [0.15, 0.2) is 29.2 Å². The van der Waals surface area contributed by atoms with E-state index in [9.17, 15) is 9.59 Å². The standard InChI is InChI=1S/C15H15N5O2/c1-8-7-10(12-9(2)19-20(3)13(12)17-8)14(21)18-11-5-4-6-16-15(11)22/h4-7H,1-3H3,(H,16,22)(H,18,21). The number of aryl methyl sites for hydroxylation is 3. The van der Waals surface area contributed by atoms with E-state index in [0.29, 0.717) is 22.3 Å². The molecule has 0 atom stereocenters. The highest BCUT2D eigenvalue weighted by molar-refractivity contribution is 6.12. The minimum Gasteiger partial charge on any atom is -0.327 e. The summed E-state index contributed by atoms with van der Waals surface area (Å²) in [7, 11) is 1.78. The number of hydrogen-bond acceptors (Lipinski definition) is 4. The first-order valence-electron chi connectivity index (χ1n) is 6.77. The fourth-order valence-electron chi connectivity index (χ4n) is 2.46. The Labute approximate surface area is 126 Å². The summed E-state index contributed by atoms with van der Waals surface area (Å²) in [5, 5.41) is 7.63. The number of nitrogens with one attached hydrogen (secondary N) is 2. The van der Waals surface area contributed by atoms with E-state index in [2.05, 4.69) is 20.4 Å². The molecule has 0 aliphatic rings. The van der Waals surface area contributed by atoms with Crippen LogP contribution in [0.25, 0.3) is 11.0 Å². The second-order valence-corrected chi connectivity index (χ2v) is 5.09. The van der Waals surface area contributed by atoms with Gasteiger partial charge >= 0.3 is 0 Å². The number of H-pyrrole nitrogens is 1. The van der Waals surface area contributed by atoms with Crippen molar-refractivity contribution in [3.05, 3.63) is 51.7 Å². The molecule has 0 fully saturated rings. The number of nitrogens with zero attached hydrogens (tertiary/aromatic N) is 3. The zero-order valence-corrected chi connectivity index (χ0v) is 12.5. The van der Waals surface area contributed by atoms with Crippen molar-refractivity contribution in [2.24, 2.45) is 7.05 Å². The van der Waals surface area contributed by atoms with Crippen molar-refractivity contribution in [1.29, 1.82) is 0 Å². The Morgan fingerprint density at radius 2 is 2.14 bits per heavy atom. The molecule has 7 heteroatoms. The van der Waals surface area contributed by atoms with Gasteiger partial charge in [0.25, 0.3) is 11.5 Å². The van der Waals surface area contributed by atoms with E-state index in [0.717, 1.165) is 5.69 Å². The zero-order chi connectivity index (χ0) is 15.9. The molecule has 1 amide bonds. The van der Waals surface area contributed by atoms with Crippen LogP contribution in [0.1, 0.15) is 21.7 Å². The maximum Gasteiger partial charge on any atom is 0.271 e. The Bertz CT molecular complexity index is 939. The summed E-state index contributed by atoms with van der Waals surface area (Å²) in [4.78, 5) is 31.2. The van der Waals surface area contributed by atoms with Gasteiger partial charge in [0.05, 0.1) is 16.6 Å². The van der Waals surface area contributed by atoms with Crippen LogP contribution in [0.2, 0.25) is 0 Å². The third kappa shape index (κ3) is 2.26. The summed E-state index contributed by atoms with van der Waals surface area (Å²) in [5.74, 6) is -0.358. The molecule has 2 N–H and O–H groups in total. The summed E-state index contributed by atoms with van der Waals surface area (Å²) in [6.07, 6.45) is 1.51. The van der Waals surface area contributed by atoms with E-state index in [-0.39, 0.29) is 17.2 Å². The van der Waals surface area contributed by atoms with Crippen molar-refractivity contribution in [1.82, 2.24) is 19.7 Å². The van der Waals surface area contributed by atoms with Crippen LogP contribution >= 0.6 is 0 Å². The SMILES string of the molecule is Cc1cc(C(=O)Nc2ccc[nH]c2=O)c2c(C)nn(C)c2n1. The van der Waals surface area contributed by atoms with Crippen molar-refractivity contribution >= 4 is 22.6 Å². The second kappa shape index (κ2) is 5.10. The molecule has 0 radical (unpaired) electrons. The van der Waals surface area contributed by atoms with Gasteiger partial charge in [0.15, 0.2) is 5.65 Å². The molecule has 112 valence electrons. The van der Waals surface area contributed by atoms with Crippen molar-refractivity contribution in [2.75, 3.05) is 5.32 Å². The van der Waals surface area contributed by atoms with Gasteiger partial charge in [-0.05, 0) is 32.0 Å². The van der Waals surface area contributed by atoms with Crippen molar-refractivity contribution in [3.63, 3.8) is 0 Å². The van der Waals surface area contributed by atoms with Gasteiger partial charge in [-0.15, -0.1) is 0 Å². The maximum atomic E-state index is 12.6. The molecule has 0 aliphatic carbocycles. The largest absolute Gasteiger partial charge is 0.327 e. The van der Waals surface area contributed by atoms with E-state index in [1.54, 1.807) is 29.9 Å². The Kier molecular flexibility index (Phi) is 3.25. The van der Waals surface area contributed by atoms with Crippen LogP contribution in [0.5, 0.6) is 0 Å². The molecule has 0 bridgehead atoms. The monoisotopic (exact) mass is 297 g/mol. The molecule has 0 saturated heterocycles. The number of aromatic nitrogens is 4. The number of carbonyl (C=O) groups is 1. The van der Waals surface area contributed by atoms with E-state index >= 15 is 0 Å². The molecular formula is C15H15N5O2. The highest BCUT2D eigenvalue weighted by Crippen LogP contribution is 2.22. The fourth-order valence-corrected chi connectivity index (χ4v) is 2.46. The van der Waals surface area contributed by atoms with Gasteiger partial charge in [0.2, 0.25) is 0 Å². The third-order valence-electron chi connectivity index (χ3n) is 3.41. The third-order valence-corrected chi connectivity index (χ3v) is 3.41. The smallest absolute Gasteiger partial charge is 0.271 e. The molecule has 0 aliphatic heterocycles. The molecular weight excluding hydrogens is 282 g/mol. The quantitative estimate of drug-likeness (QED) is 0.750. The first-order chi connectivity index (χ1) is 10.5. The molecule has 3 aromatic rings. The Morgan fingerprint density at radius 1 is 1.36 bits per heavy atom. The van der Waals surface area contributed by atoms with Crippen molar-refractivity contribution in [3.8, 4) is 0 Å². The van der Waals surface area contributed by atoms with Gasteiger partial charge in [-0.25, -0.2) is 4.98 Å². The van der Waals surface area contributed by atoms with Crippen molar-refractivity contribution < 1.29 is 4.79 Å². The minimum absolute atomic E-state index is 0.205. The van der Waals surface area contributed by atoms with Gasteiger partial charge in [-0.2, -0.15) is 5.10 Å². The van der Waals surface area contributed by atoms with Crippen LogP contribution in [-0.2, 0) is 7.05 Å². The van der Waals surface area contributed by atoms with E-state index in [1.165, 1.54) is 6.20 Å². The number of rotatable bonds is 2. The molecule has 0 aromatic carbocycles. The number of amides is 1. The average Bonchev–Trinajstić information content (AvgIpc) is 2.75. The Hall–Kier alpha value is -2.96. The molecule has 22 heavy (non-hydrogen) atoms. The molecule has 3 rings (SSSR count). The number of pyridine rings is 2. The molecule has 3 aromatic heterocycles. The van der Waals surface area contributed by atoms with Crippen LogP contribution in [0.3, 0.4) is 0 Å². The number of hydrogen-bond donors (Lipinski definition) is 2. The number of anilines is 1. The van der Waals surface area contributed by atoms with Gasteiger partial charge < -0.3 is 10.3 Å². The van der Waals surface area contributed by atoms with Gasteiger partial charge in [-0.1, -0.05) is 0 Å².